The maximum atomic E-state index is 15.2. The second kappa shape index (κ2) is 14.8. The van der Waals surface area contributed by atoms with Gasteiger partial charge in [-0.15, -0.1) is 0 Å². The van der Waals surface area contributed by atoms with Crippen LogP contribution in [-0.4, -0.2) is 9.13 Å². The van der Waals surface area contributed by atoms with Gasteiger partial charge in [0.2, 0.25) is 0 Å². The van der Waals surface area contributed by atoms with Gasteiger partial charge in [-0.3, -0.25) is 0 Å². The normalized spacial score (nSPS) is 11.9. The number of hydrogen-bond donors (Lipinski definition) is 0. The van der Waals surface area contributed by atoms with Crippen LogP contribution in [0.4, 0.5) is 32.0 Å². The molecule has 0 fully saturated rings. The first-order valence-electron chi connectivity index (χ1n) is 19.8. The van der Waals surface area contributed by atoms with Crippen molar-refractivity contribution in [2.75, 3.05) is 0 Å². The molecule has 0 aliphatic heterocycles. The Bertz CT molecular complexity index is 3700. The first-order valence-corrected chi connectivity index (χ1v) is 19.8. The first kappa shape index (κ1) is 39.5. The summed E-state index contributed by atoms with van der Waals surface area (Å²) in [5.74, 6) is 0. The van der Waals surface area contributed by atoms with Crippen LogP contribution < -0.4 is 0 Å². The fourth-order valence-electron chi connectivity index (χ4n) is 8.89. The lowest BCUT2D eigenvalue weighted by Crippen LogP contribution is -2.13. The first-order chi connectivity index (χ1) is 30.9. The number of alkyl halides is 6. The maximum absolute atomic E-state index is 15.2. The number of benzene rings is 8. The molecule has 0 unspecified atom stereocenters. The van der Waals surface area contributed by atoms with E-state index < -0.39 is 29.0 Å². The van der Waals surface area contributed by atoms with E-state index in [0.717, 1.165) is 28.0 Å². The third-order valence-corrected chi connectivity index (χ3v) is 11.7. The molecule has 0 atom stereocenters. The van der Waals surface area contributed by atoms with E-state index in [2.05, 4.69) is 17.0 Å². The van der Waals surface area contributed by atoms with Crippen LogP contribution in [0.2, 0.25) is 0 Å². The van der Waals surface area contributed by atoms with Crippen molar-refractivity contribution < 1.29 is 26.3 Å². The van der Waals surface area contributed by atoms with Gasteiger partial charge in [-0.2, -0.15) is 36.9 Å². The van der Waals surface area contributed by atoms with Crippen molar-refractivity contribution in [3.05, 3.63) is 197 Å². The highest BCUT2D eigenvalue weighted by Crippen LogP contribution is 2.47. The van der Waals surface area contributed by atoms with Gasteiger partial charge in [-0.1, -0.05) is 97.1 Å². The molecule has 0 spiro atoms. The van der Waals surface area contributed by atoms with E-state index in [-0.39, 0.29) is 28.6 Å². The number of aromatic nitrogens is 2. The minimum atomic E-state index is -5.23. The fourth-order valence-corrected chi connectivity index (χ4v) is 8.89. The topological polar surface area (TPSA) is 61.8 Å². The van der Waals surface area contributed by atoms with E-state index in [0.29, 0.717) is 61.3 Å². The Morgan fingerprint density at radius 3 is 1.56 bits per heavy atom. The number of rotatable bonds is 5. The van der Waals surface area contributed by atoms with Crippen molar-refractivity contribution in [3.8, 4) is 56.9 Å². The van der Waals surface area contributed by atoms with Crippen molar-refractivity contribution in [1.82, 2.24) is 9.13 Å². The van der Waals surface area contributed by atoms with Crippen LogP contribution in [0.3, 0.4) is 0 Å². The van der Waals surface area contributed by atoms with E-state index >= 15 is 13.2 Å². The molecular weight excluding hydrogens is 821 g/mol. The van der Waals surface area contributed by atoms with Crippen LogP contribution >= 0.6 is 0 Å². The lowest BCUT2D eigenvalue weighted by atomic mass is 9.93. The van der Waals surface area contributed by atoms with Crippen LogP contribution in [0.5, 0.6) is 0 Å². The number of hydrogen-bond acceptors (Lipinski definition) is 2. The van der Waals surface area contributed by atoms with Crippen LogP contribution in [0, 0.1) is 29.2 Å². The zero-order valence-corrected chi connectivity index (χ0v) is 33.1. The van der Waals surface area contributed by atoms with Gasteiger partial charge in [0.1, 0.15) is 6.07 Å². The molecule has 10 rings (SSSR count). The van der Waals surface area contributed by atoms with Gasteiger partial charge in [0.25, 0.3) is 0 Å². The highest BCUT2D eigenvalue weighted by Gasteiger charge is 2.39. The Hall–Kier alpha value is -8.59. The van der Waals surface area contributed by atoms with E-state index in [1.807, 2.05) is 84.9 Å². The predicted molar refractivity (Wildman–Crippen MR) is 237 cm³/mol. The zero-order valence-electron chi connectivity index (χ0n) is 33.1. The van der Waals surface area contributed by atoms with E-state index in [4.69, 9.17) is 6.57 Å². The average Bonchev–Trinajstić information content (AvgIpc) is 3.82. The van der Waals surface area contributed by atoms with Gasteiger partial charge in [-0.25, -0.2) is 4.85 Å². The highest BCUT2D eigenvalue weighted by atomic mass is 19.4. The lowest BCUT2D eigenvalue weighted by Gasteiger charge is -2.22. The van der Waals surface area contributed by atoms with Gasteiger partial charge in [0, 0.05) is 27.1 Å². The molecule has 10 aromatic rings. The molecule has 11 heteroatoms. The molecule has 0 saturated heterocycles. The second-order valence-electron chi connectivity index (χ2n) is 15.2. The summed E-state index contributed by atoms with van der Waals surface area (Å²) in [5.41, 5.74) is 2.91. The van der Waals surface area contributed by atoms with Crippen molar-refractivity contribution in [3.63, 3.8) is 0 Å². The van der Waals surface area contributed by atoms with Gasteiger partial charge >= 0.3 is 12.4 Å². The summed E-state index contributed by atoms with van der Waals surface area (Å²) in [5, 5.41) is 23.8. The summed E-state index contributed by atoms with van der Waals surface area (Å²) in [7, 11) is 0. The van der Waals surface area contributed by atoms with Crippen LogP contribution in [-0.2, 0) is 12.4 Å². The third-order valence-electron chi connectivity index (χ3n) is 11.7. The molecule has 0 aliphatic rings. The second-order valence-corrected chi connectivity index (χ2v) is 15.2. The van der Waals surface area contributed by atoms with Crippen molar-refractivity contribution >= 4 is 49.3 Å². The molecular formula is C53H27F6N5. The molecule has 0 aliphatic carbocycles. The number of nitrogens with zero attached hydrogens (tertiary/aromatic N) is 5. The van der Waals surface area contributed by atoms with E-state index in [1.165, 1.54) is 12.1 Å². The van der Waals surface area contributed by atoms with Crippen molar-refractivity contribution in [2.45, 2.75) is 12.4 Å². The molecule has 64 heavy (non-hydrogen) atoms. The van der Waals surface area contributed by atoms with Crippen LogP contribution in [0.1, 0.15) is 22.3 Å². The molecule has 0 saturated carbocycles. The molecule has 306 valence electrons. The van der Waals surface area contributed by atoms with Gasteiger partial charge in [-0.05, 0) is 94.5 Å². The van der Waals surface area contributed by atoms with Crippen LogP contribution in [0.25, 0.3) is 93.2 Å². The van der Waals surface area contributed by atoms with Crippen molar-refractivity contribution in [2.24, 2.45) is 0 Å². The van der Waals surface area contributed by atoms with Gasteiger partial charge in [0.15, 0.2) is 5.69 Å². The van der Waals surface area contributed by atoms with Gasteiger partial charge in [0.05, 0.1) is 68.3 Å². The monoisotopic (exact) mass is 847 g/mol. The molecule has 0 radical (unpaired) electrons. The SMILES string of the molecule is [C-]#[N+]c1ccccc1-c1ccc2c(c1)c1ccccc1n2-c1cc(C#N)c(-n2c3ccccc3c3cc(-c4ccccc4C#N)ccc32)cc1-c1ccc(C(F)(F)F)cc1C(F)(F)F. The Kier molecular flexibility index (Phi) is 9.14. The summed E-state index contributed by atoms with van der Waals surface area (Å²) in [6.07, 6.45) is -10.3. The Balaban J connectivity index is 1.31. The predicted octanol–water partition coefficient (Wildman–Crippen LogP) is 15.2. The fraction of sp³-hybridized carbons (Fsp3) is 0.0377. The van der Waals surface area contributed by atoms with E-state index in [1.54, 1.807) is 57.7 Å². The minimum absolute atomic E-state index is 0.0781. The summed E-state index contributed by atoms with van der Waals surface area (Å²) in [6.45, 7) is 7.75. The maximum Gasteiger partial charge on any atom is 0.417 e. The average molecular weight is 848 g/mol. The summed E-state index contributed by atoms with van der Waals surface area (Å²) < 4.78 is 91.6. The largest absolute Gasteiger partial charge is 0.417 e. The number of nitriles is 2. The van der Waals surface area contributed by atoms with Crippen LogP contribution in [0.15, 0.2) is 164 Å². The third kappa shape index (κ3) is 6.32. The molecule has 0 bridgehead atoms. The Morgan fingerprint density at radius 2 is 0.969 bits per heavy atom. The molecule has 2 heterocycles. The lowest BCUT2D eigenvalue weighted by molar-refractivity contribution is -0.142. The molecule has 8 aromatic carbocycles. The van der Waals surface area contributed by atoms with E-state index in [9.17, 15) is 23.7 Å². The molecule has 5 nitrogen and oxygen atoms in total. The summed E-state index contributed by atoms with van der Waals surface area (Å²) in [6, 6.07) is 49.0. The standard InChI is InChI=1S/C53H27F6N5/c1-62-45-15-7-4-12-37(45)32-19-23-49-42(25-32)40-14-6-9-17-47(40)64(49)51-26-34(30-61)50(28-43(51)38-21-20-35(52(54,55)56)27-44(38)53(57,58)59)63-46-16-8-5-13-39(46)41-24-31(18-22-48(41)63)36-11-3-2-10-33(36)29-60/h2-28H. The van der Waals surface area contributed by atoms with Gasteiger partial charge < -0.3 is 9.13 Å². The molecule has 0 amide bonds. The quantitative estimate of drug-likeness (QED) is 0.128. The van der Waals surface area contributed by atoms with Crippen molar-refractivity contribution in [1.29, 1.82) is 10.5 Å². The smallest absolute Gasteiger partial charge is 0.309 e. The minimum Gasteiger partial charge on any atom is -0.309 e. The molecule has 2 aromatic heterocycles. The summed E-state index contributed by atoms with van der Waals surface area (Å²) in [4.78, 5) is 3.69. The number of fused-ring (bicyclic) bond motifs is 6. The number of halogens is 6. The summed E-state index contributed by atoms with van der Waals surface area (Å²) >= 11 is 0. The highest BCUT2D eigenvalue weighted by molar-refractivity contribution is 6.13. The Morgan fingerprint density at radius 1 is 0.438 bits per heavy atom. The zero-order chi connectivity index (χ0) is 44.5. The molecule has 0 N–H and O–H groups in total. The Labute approximate surface area is 360 Å². The number of para-hydroxylation sites is 3.